The van der Waals surface area contributed by atoms with Gasteiger partial charge in [0.05, 0.1) is 6.42 Å². The highest BCUT2D eigenvalue weighted by Crippen LogP contribution is 2.16. The van der Waals surface area contributed by atoms with Crippen molar-refractivity contribution in [3.8, 4) is 0 Å². The van der Waals surface area contributed by atoms with Crippen LogP contribution in [0.25, 0.3) is 0 Å². The monoisotopic (exact) mass is 310 g/mol. The summed E-state index contributed by atoms with van der Waals surface area (Å²) in [5.74, 6) is 0.121. The number of para-hydroxylation sites is 1. The summed E-state index contributed by atoms with van der Waals surface area (Å²) >= 11 is 0. The van der Waals surface area contributed by atoms with Crippen molar-refractivity contribution in [2.75, 3.05) is 23.8 Å². The maximum atomic E-state index is 12.7. The minimum Gasteiger partial charge on any atom is -0.422 e. The van der Waals surface area contributed by atoms with Crippen LogP contribution in [0.3, 0.4) is 0 Å². The Balaban J connectivity index is 2.03. The molecule has 0 aliphatic heterocycles. The van der Waals surface area contributed by atoms with Gasteiger partial charge in [-0.1, -0.05) is 37.3 Å². The van der Waals surface area contributed by atoms with Crippen LogP contribution in [0.1, 0.15) is 18.9 Å². The maximum Gasteiger partial charge on any atom is 0.393 e. The molecule has 0 aliphatic carbocycles. The van der Waals surface area contributed by atoms with Gasteiger partial charge in [-0.15, -0.1) is 0 Å². The Bertz CT molecular complexity index is 602. The summed E-state index contributed by atoms with van der Waals surface area (Å²) < 4.78 is 4.98. The average Bonchev–Trinajstić information content (AvgIpc) is 2.59. The molecule has 2 aromatic carbocycles. The third kappa shape index (κ3) is 5.14. The summed E-state index contributed by atoms with van der Waals surface area (Å²) in [4.78, 5) is 14.5. The van der Waals surface area contributed by atoms with Gasteiger partial charge in [0.25, 0.3) is 0 Å². The van der Waals surface area contributed by atoms with Crippen molar-refractivity contribution in [1.82, 2.24) is 0 Å². The lowest BCUT2D eigenvalue weighted by Crippen LogP contribution is -2.32. The molecule has 1 N–H and O–H groups in total. The molecule has 0 saturated heterocycles. The largest absolute Gasteiger partial charge is 0.422 e. The Labute approximate surface area is 138 Å². The Kier molecular flexibility index (Phi) is 6.69. The van der Waals surface area contributed by atoms with Gasteiger partial charge in [-0.2, -0.15) is 0 Å². The van der Waals surface area contributed by atoms with Crippen molar-refractivity contribution in [3.05, 3.63) is 60.2 Å². The molecule has 23 heavy (non-hydrogen) atoms. The van der Waals surface area contributed by atoms with E-state index in [0.717, 1.165) is 29.9 Å². The number of rotatable bonds is 8. The zero-order chi connectivity index (χ0) is 16.5. The van der Waals surface area contributed by atoms with Crippen molar-refractivity contribution in [3.63, 3.8) is 0 Å². The standard InChI is InChI=1S/C18H23BN2O2/c1-3-13-21(17-7-5-4-6-8-17)18(22)14-15-9-11-16(12-10-15)20-19-23-2/h4-12,19-20H,3,13-14H2,1-2H3. The van der Waals surface area contributed by atoms with Crippen LogP contribution >= 0.6 is 0 Å². The van der Waals surface area contributed by atoms with Crippen LogP contribution in [0, 0.1) is 0 Å². The summed E-state index contributed by atoms with van der Waals surface area (Å²) in [7, 11) is 2.11. The Morgan fingerprint density at radius 3 is 2.43 bits per heavy atom. The lowest BCUT2D eigenvalue weighted by molar-refractivity contribution is -0.118. The number of carbonyl (C=O) groups excluding carboxylic acids is 1. The smallest absolute Gasteiger partial charge is 0.393 e. The van der Waals surface area contributed by atoms with Gasteiger partial charge in [0.1, 0.15) is 0 Å². The number of nitrogens with zero attached hydrogens (tertiary/aromatic N) is 1. The third-order valence-corrected chi connectivity index (χ3v) is 3.55. The lowest BCUT2D eigenvalue weighted by atomic mass is 10.1. The van der Waals surface area contributed by atoms with Gasteiger partial charge in [0, 0.05) is 25.0 Å². The molecule has 0 fully saturated rings. The van der Waals surface area contributed by atoms with E-state index in [1.807, 2.05) is 59.5 Å². The summed E-state index contributed by atoms with van der Waals surface area (Å²) in [5.41, 5.74) is 2.95. The molecule has 0 heterocycles. The van der Waals surface area contributed by atoms with E-state index in [1.165, 1.54) is 0 Å². The number of benzene rings is 2. The van der Waals surface area contributed by atoms with Crippen LogP contribution in [0.4, 0.5) is 11.4 Å². The molecule has 0 atom stereocenters. The zero-order valence-corrected chi connectivity index (χ0v) is 13.8. The highest BCUT2D eigenvalue weighted by atomic mass is 16.4. The molecule has 0 saturated carbocycles. The van der Waals surface area contributed by atoms with Crippen molar-refractivity contribution in [2.24, 2.45) is 0 Å². The van der Waals surface area contributed by atoms with Crippen molar-refractivity contribution < 1.29 is 9.45 Å². The van der Waals surface area contributed by atoms with E-state index < -0.39 is 0 Å². The first-order chi connectivity index (χ1) is 11.2. The number of hydrogen-bond donors (Lipinski definition) is 1. The summed E-state index contributed by atoms with van der Waals surface area (Å²) in [6.45, 7) is 2.82. The number of amides is 1. The molecule has 0 spiro atoms. The minimum absolute atomic E-state index is 0.121. The molecule has 0 bridgehead atoms. The number of anilines is 2. The van der Waals surface area contributed by atoms with E-state index in [4.69, 9.17) is 4.65 Å². The summed E-state index contributed by atoms with van der Waals surface area (Å²) in [6.07, 6.45) is 1.33. The van der Waals surface area contributed by atoms with E-state index >= 15 is 0 Å². The van der Waals surface area contributed by atoms with Gasteiger partial charge < -0.3 is 14.8 Å². The van der Waals surface area contributed by atoms with Crippen LogP contribution in [0.15, 0.2) is 54.6 Å². The van der Waals surface area contributed by atoms with Crippen LogP contribution < -0.4 is 10.1 Å². The first-order valence-electron chi connectivity index (χ1n) is 7.91. The Hall–Kier alpha value is -2.27. The van der Waals surface area contributed by atoms with Crippen molar-refractivity contribution in [1.29, 1.82) is 0 Å². The van der Waals surface area contributed by atoms with E-state index in [-0.39, 0.29) is 5.91 Å². The lowest BCUT2D eigenvalue weighted by Gasteiger charge is -2.22. The van der Waals surface area contributed by atoms with E-state index in [1.54, 1.807) is 7.11 Å². The first-order valence-corrected chi connectivity index (χ1v) is 7.91. The second-order valence-electron chi connectivity index (χ2n) is 5.36. The Morgan fingerprint density at radius 1 is 1.13 bits per heavy atom. The third-order valence-electron chi connectivity index (χ3n) is 3.55. The molecule has 5 heteroatoms. The van der Waals surface area contributed by atoms with Crippen LogP contribution in [-0.2, 0) is 15.9 Å². The van der Waals surface area contributed by atoms with Crippen LogP contribution in [0.2, 0.25) is 0 Å². The van der Waals surface area contributed by atoms with Gasteiger partial charge in [-0.25, -0.2) is 0 Å². The molecule has 2 aromatic rings. The molecular weight excluding hydrogens is 287 g/mol. The fraction of sp³-hybridized carbons (Fsp3) is 0.278. The van der Waals surface area contributed by atoms with Gasteiger partial charge in [0.15, 0.2) is 0 Å². The summed E-state index contributed by atoms with van der Waals surface area (Å²) in [6, 6.07) is 17.7. The fourth-order valence-corrected chi connectivity index (χ4v) is 2.40. The first kappa shape index (κ1) is 17.1. The highest BCUT2D eigenvalue weighted by molar-refractivity contribution is 6.32. The van der Waals surface area contributed by atoms with Crippen LogP contribution in [0.5, 0.6) is 0 Å². The number of carbonyl (C=O) groups is 1. The number of hydrogen-bond acceptors (Lipinski definition) is 3. The van der Waals surface area contributed by atoms with Gasteiger partial charge in [-0.05, 0) is 36.2 Å². The van der Waals surface area contributed by atoms with Crippen molar-refractivity contribution >= 4 is 24.9 Å². The second kappa shape index (κ2) is 9.01. The molecule has 1 amide bonds. The van der Waals surface area contributed by atoms with Crippen molar-refractivity contribution in [2.45, 2.75) is 19.8 Å². The summed E-state index contributed by atoms with van der Waals surface area (Å²) in [5, 5.41) is 3.13. The van der Waals surface area contributed by atoms with Crippen LogP contribution in [-0.4, -0.2) is 27.2 Å². The molecule has 0 radical (unpaired) electrons. The van der Waals surface area contributed by atoms with Gasteiger partial charge in [0.2, 0.25) is 5.91 Å². The second-order valence-corrected chi connectivity index (χ2v) is 5.36. The molecule has 0 unspecified atom stereocenters. The quantitative estimate of drug-likeness (QED) is 0.762. The van der Waals surface area contributed by atoms with E-state index in [9.17, 15) is 4.79 Å². The Morgan fingerprint density at radius 2 is 1.83 bits per heavy atom. The fourth-order valence-electron chi connectivity index (χ4n) is 2.40. The zero-order valence-electron chi connectivity index (χ0n) is 13.8. The normalized spacial score (nSPS) is 10.2. The maximum absolute atomic E-state index is 12.7. The predicted molar refractivity (Wildman–Crippen MR) is 97.0 cm³/mol. The molecule has 0 aliphatic rings. The molecule has 0 aromatic heterocycles. The SMILES string of the molecule is CCCN(C(=O)Cc1ccc(NBOC)cc1)c1ccccc1. The predicted octanol–water partition coefficient (Wildman–Crippen LogP) is 3.00. The average molecular weight is 310 g/mol. The molecule has 4 nitrogen and oxygen atoms in total. The molecule has 120 valence electrons. The molecular formula is C18H23BN2O2. The number of nitrogens with one attached hydrogen (secondary N) is 1. The van der Waals surface area contributed by atoms with E-state index in [0.29, 0.717) is 14.0 Å². The minimum atomic E-state index is 0.121. The topological polar surface area (TPSA) is 41.6 Å². The highest BCUT2D eigenvalue weighted by Gasteiger charge is 2.15. The van der Waals surface area contributed by atoms with E-state index in [2.05, 4.69) is 12.2 Å². The van der Waals surface area contributed by atoms with Gasteiger partial charge >= 0.3 is 7.62 Å². The molecule has 2 rings (SSSR count). The van der Waals surface area contributed by atoms with Gasteiger partial charge in [-0.3, -0.25) is 4.79 Å².